The largest absolute Gasteiger partial charge is 0.466 e. The van der Waals surface area contributed by atoms with E-state index in [2.05, 4.69) is 11.4 Å². The first-order chi connectivity index (χ1) is 15.4. The molecule has 2 amide bonds. The lowest BCUT2D eigenvalue weighted by Gasteiger charge is -2.37. The summed E-state index contributed by atoms with van der Waals surface area (Å²) in [4.78, 5) is 42.5. The van der Waals surface area contributed by atoms with Crippen molar-refractivity contribution in [2.75, 3.05) is 26.2 Å². The lowest BCUT2D eigenvalue weighted by atomic mass is 9.93. The van der Waals surface area contributed by atoms with Crippen molar-refractivity contribution >= 4 is 40.7 Å². The number of thiophene rings is 1. The van der Waals surface area contributed by atoms with Gasteiger partial charge in [-0.1, -0.05) is 30.7 Å². The van der Waals surface area contributed by atoms with E-state index in [0.717, 1.165) is 24.0 Å². The third-order valence-electron chi connectivity index (χ3n) is 5.49. The predicted molar refractivity (Wildman–Crippen MR) is 126 cm³/mol. The molecule has 0 saturated heterocycles. The van der Waals surface area contributed by atoms with Crippen LogP contribution in [0, 0.1) is 0 Å². The minimum Gasteiger partial charge on any atom is -0.466 e. The van der Waals surface area contributed by atoms with Crippen molar-refractivity contribution in [1.82, 2.24) is 9.80 Å². The fourth-order valence-electron chi connectivity index (χ4n) is 4.01. The van der Waals surface area contributed by atoms with Gasteiger partial charge in [-0.05, 0) is 54.5 Å². The Labute approximate surface area is 198 Å². The summed E-state index contributed by atoms with van der Waals surface area (Å²) in [6, 6.07) is 9.45. The van der Waals surface area contributed by atoms with Crippen LogP contribution in [0.5, 0.6) is 0 Å². The molecule has 0 N–H and O–H groups in total. The standard InChI is InChI=1S/C24H29ClN2O4S/c1-3-13-26(21(28)9-10-23(30)31-4-2)16-22(29)27-14-11-20-19(12-15-32-20)24(27)17-5-7-18(25)8-6-17/h5-8,12,15,24H,3-4,9-11,13-14,16H2,1-2H3. The van der Waals surface area contributed by atoms with E-state index in [9.17, 15) is 14.4 Å². The molecule has 6 nitrogen and oxygen atoms in total. The lowest BCUT2D eigenvalue weighted by Crippen LogP contribution is -2.47. The van der Waals surface area contributed by atoms with E-state index in [4.69, 9.17) is 16.3 Å². The van der Waals surface area contributed by atoms with Crippen LogP contribution in [0.4, 0.5) is 0 Å². The molecule has 1 aliphatic heterocycles. The van der Waals surface area contributed by atoms with E-state index >= 15 is 0 Å². The minimum atomic E-state index is -0.396. The quantitative estimate of drug-likeness (QED) is 0.501. The molecular weight excluding hydrogens is 448 g/mol. The van der Waals surface area contributed by atoms with Gasteiger partial charge in [0, 0.05) is 29.4 Å². The van der Waals surface area contributed by atoms with Crippen LogP contribution in [0.1, 0.15) is 55.2 Å². The summed E-state index contributed by atoms with van der Waals surface area (Å²) in [7, 11) is 0. The second-order valence-corrected chi connectivity index (χ2v) is 9.15. The molecule has 172 valence electrons. The van der Waals surface area contributed by atoms with E-state index in [0.29, 0.717) is 18.1 Å². The highest BCUT2D eigenvalue weighted by Crippen LogP contribution is 2.38. The van der Waals surface area contributed by atoms with Gasteiger partial charge in [0.15, 0.2) is 0 Å². The number of hydrogen-bond donors (Lipinski definition) is 0. The molecule has 0 radical (unpaired) electrons. The van der Waals surface area contributed by atoms with Gasteiger partial charge in [-0.2, -0.15) is 0 Å². The monoisotopic (exact) mass is 476 g/mol. The molecule has 1 unspecified atom stereocenters. The first-order valence-electron chi connectivity index (χ1n) is 11.0. The summed E-state index contributed by atoms with van der Waals surface area (Å²) in [5.74, 6) is -0.697. The smallest absolute Gasteiger partial charge is 0.306 e. The van der Waals surface area contributed by atoms with Crippen LogP contribution in [0.15, 0.2) is 35.7 Å². The molecule has 0 aliphatic carbocycles. The Morgan fingerprint density at radius 1 is 1.16 bits per heavy atom. The van der Waals surface area contributed by atoms with Crippen LogP contribution < -0.4 is 0 Å². The third kappa shape index (κ3) is 5.90. The maximum atomic E-state index is 13.4. The molecular formula is C24H29ClN2O4S. The van der Waals surface area contributed by atoms with Crippen molar-refractivity contribution in [3.05, 3.63) is 56.7 Å². The number of carbonyl (C=O) groups excluding carboxylic acids is 3. The van der Waals surface area contributed by atoms with Crippen LogP contribution in [0.3, 0.4) is 0 Å². The number of ether oxygens (including phenoxy) is 1. The first-order valence-corrected chi connectivity index (χ1v) is 12.2. The Kier molecular flexibility index (Phi) is 8.70. The van der Waals surface area contributed by atoms with Crippen LogP contribution in [0.2, 0.25) is 5.02 Å². The van der Waals surface area contributed by atoms with E-state index < -0.39 is 5.97 Å². The first kappa shape index (κ1) is 24.3. The summed E-state index contributed by atoms with van der Waals surface area (Å²) < 4.78 is 4.91. The molecule has 2 aromatic rings. The average molecular weight is 477 g/mol. The molecule has 2 heterocycles. The molecule has 8 heteroatoms. The Morgan fingerprint density at radius 3 is 2.59 bits per heavy atom. The van der Waals surface area contributed by atoms with Crippen molar-refractivity contribution in [2.45, 2.75) is 45.6 Å². The van der Waals surface area contributed by atoms with Crippen LogP contribution in [-0.4, -0.2) is 53.8 Å². The van der Waals surface area contributed by atoms with E-state index in [1.165, 1.54) is 4.88 Å². The maximum Gasteiger partial charge on any atom is 0.306 e. The number of halogens is 1. The van der Waals surface area contributed by atoms with Gasteiger partial charge in [-0.15, -0.1) is 11.3 Å². The number of hydrogen-bond acceptors (Lipinski definition) is 5. The van der Waals surface area contributed by atoms with Crippen molar-refractivity contribution in [3.63, 3.8) is 0 Å². The number of amides is 2. The van der Waals surface area contributed by atoms with Gasteiger partial charge < -0.3 is 14.5 Å². The number of esters is 1. The highest BCUT2D eigenvalue weighted by atomic mass is 35.5. The summed E-state index contributed by atoms with van der Waals surface area (Å²) in [5.41, 5.74) is 2.13. The number of fused-ring (bicyclic) bond motifs is 1. The fraction of sp³-hybridized carbons (Fsp3) is 0.458. The highest BCUT2D eigenvalue weighted by Gasteiger charge is 2.33. The predicted octanol–water partition coefficient (Wildman–Crippen LogP) is 4.46. The van der Waals surface area contributed by atoms with Gasteiger partial charge in [-0.3, -0.25) is 14.4 Å². The lowest BCUT2D eigenvalue weighted by molar-refractivity contribution is -0.146. The summed E-state index contributed by atoms with van der Waals surface area (Å²) in [6.07, 6.45) is 1.60. The van der Waals surface area contributed by atoms with Crippen molar-refractivity contribution in [1.29, 1.82) is 0 Å². The van der Waals surface area contributed by atoms with Gasteiger partial charge in [0.05, 0.1) is 25.6 Å². The van der Waals surface area contributed by atoms with Crippen molar-refractivity contribution in [2.24, 2.45) is 0 Å². The summed E-state index contributed by atoms with van der Waals surface area (Å²) in [5, 5.41) is 2.71. The molecule has 0 fully saturated rings. The zero-order valence-corrected chi connectivity index (χ0v) is 20.1. The van der Waals surface area contributed by atoms with Crippen molar-refractivity contribution < 1.29 is 19.1 Å². The Hall–Kier alpha value is -2.38. The Bertz CT molecular complexity index is 944. The second kappa shape index (κ2) is 11.5. The molecule has 1 aromatic carbocycles. The van der Waals surface area contributed by atoms with E-state index in [1.54, 1.807) is 23.2 Å². The number of nitrogens with zero attached hydrogens (tertiary/aromatic N) is 2. The maximum absolute atomic E-state index is 13.4. The minimum absolute atomic E-state index is 0.000934. The van der Waals surface area contributed by atoms with Gasteiger partial charge in [0.2, 0.25) is 11.8 Å². The molecule has 1 aliphatic rings. The van der Waals surface area contributed by atoms with Gasteiger partial charge in [-0.25, -0.2) is 0 Å². The van der Waals surface area contributed by atoms with E-state index in [-0.39, 0.29) is 43.8 Å². The molecule has 0 spiro atoms. The van der Waals surface area contributed by atoms with Crippen molar-refractivity contribution in [3.8, 4) is 0 Å². The molecule has 3 rings (SSSR count). The van der Waals surface area contributed by atoms with Gasteiger partial charge >= 0.3 is 5.97 Å². The normalized spacial score (nSPS) is 15.2. The molecule has 0 saturated carbocycles. The molecule has 1 atom stereocenters. The van der Waals surface area contributed by atoms with Crippen LogP contribution >= 0.6 is 22.9 Å². The van der Waals surface area contributed by atoms with Crippen LogP contribution in [0.25, 0.3) is 0 Å². The summed E-state index contributed by atoms with van der Waals surface area (Å²) >= 11 is 7.79. The highest BCUT2D eigenvalue weighted by molar-refractivity contribution is 7.10. The topological polar surface area (TPSA) is 66.9 Å². The molecule has 32 heavy (non-hydrogen) atoms. The molecule has 0 bridgehead atoms. The fourth-order valence-corrected chi connectivity index (χ4v) is 5.04. The van der Waals surface area contributed by atoms with Gasteiger partial charge in [0.25, 0.3) is 0 Å². The number of rotatable bonds is 9. The Balaban J connectivity index is 1.76. The Morgan fingerprint density at radius 2 is 1.91 bits per heavy atom. The van der Waals surface area contributed by atoms with Gasteiger partial charge in [0.1, 0.15) is 0 Å². The number of benzene rings is 1. The second-order valence-electron chi connectivity index (χ2n) is 7.71. The number of carbonyl (C=O) groups is 3. The average Bonchev–Trinajstić information content (AvgIpc) is 3.26. The van der Waals surface area contributed by atoms with Crippen LogP contribution in [-0.2, 0) is 25.5 Å². The molecule has 1 aromatic heterocycles. The zero-order chi connectivity index (χ0) is 23.1. The summed E-state index contributed by atoms with van der Waals surface area (Å²) in [6.45, 7) is 5.05. The third-order valence-corrected chi connectivity index (χ3v) is 6.74. The zero-order valence-electron chi connectivity index (χ0n) is 18.5. The van der Waals surface area contributed by atoms with E-state index in [1.807, 2.05) is 36.1 Å². The SMILES string of the molecule is CCCN(CC(=O)N1CCc2sccc2C1c1ccc(Cl)cc1)C(=O)CCC(=O)OCC.